The molecule has 0 aliphatic heterocycles. The summed E-state index contributed by atoms with van der Waals surface area (Å²) in [5.41, 5.74) is 7.58. The average molecular weight is 258 g/mol. The summed E-state index contributed by atoms with van der Waals surface area (Å²) in [6, 6.07) is 8.24. The molecule has 6 N–H and O–H groups in total. The van der Waals surface area contributed by atoms with Gasteiger partial charge < -0.3 is 15.6 Å². The van der Waals surface area contributed by atoms with Crippen LogP contribution >= 0.6 is 0 Å². The Bertz CT molecular complexity index is 613. The van der Waals surface area contributed by atoms with E-state index < -0.39 is 0 Å². The van der Waals surface area contributed by atoms with Gasteiger partial charge in [0.15, 0.2) is 11.9 Å². The normalized spacial score (nSPS) is 10.4. The van der Waals surface area contributed by atoms with Gasteiger partial charge in [0.25, 0.3) is 0 Å². The van der Waals surface area contributed by atoms with E-state index in [-0.39, 0.29) is 11.9 Å². The van der Waals surface area contributed by atoms with Gasteiger partial charge in [-0.05, 0) is 18.1 Å². The van der Waals surface area contributed by atoms with Crippen molar-refractivity contribution in [2.24, 2.45) is 12.8 Å². The van der Waals surface area contributed by atoms with Crippen molar-refractivity contribution in [2.75, 3.05) is 6.54 Å². The molecule has 6 nitrogen and oxygen atoms in total. The van der Waals surface area contributed by atoms with Gasteiger partial charge in [-0.25, -0.2) is 0 Å². The first-order valence-corrected chi connectivity index (χ1v) is 6.04. The zero-order chi connectivity index (χ0) is 13.8. The quantitative estimate of drug-likeness (QED) is 0.414. The molecule has 0 bridgehead atoms. The maximum atomic E-state index is 7.50. The minimum absolute atomic E-state index is 0.0488. The van der Waals surface area contributed by atoms with Gasteiger partial charge in [-0.15, -0.1) is 0 Å². The van der Waals surface area contributed by atoms with E-state index in [1.165, 1.54) is 16.5 Å². The number of hydrogen-bond acceptors (Lipinski definition) is 2. The van der Waals surface area contributed by atoms with E-state index in [1.54, 1.807) is 0 Å². The molecule has 0 aliphatic rings. The topological polar surface area (TPSA) is 103 Å². The Morgan fingerprint density at radius 3 is 2.79 bits per heavy atom. The molecular weight excluding hydrogens is 240 g/mol. The fourth-order valence-corrected chi connectivity index (χ4v) is 2.13. The zero-order valence-corrected chi connectivity index (χ0v) is 10.8. The Labute approximate surface area is 111 Å². The number of aromatic nitrogens is 1. The summed E-state index contributed by atoms with van der Waals surface area (Å²) in [6.45, 7) is 0.618. The van der Waals surface area contributed by atoms with Crippen LogP contribution in [0.4, 0.5) is 0 Å². The van der Waals surface area contributed by atoms with Crippen LogP contribution in [0.15, 0.2) is 30.5 Å². The summed E-state index contributed by atoms with van der Waals surface area (Å²) in [5.74, 6) is -0.185. The minimum Gasteiger partial charge on any atom is -0.370 e. The number of nitrogens with zero attached hydrogens (tertiary/aromatic N) is 1. The Morgan fingerprint density at radius 1 is 1.32 bits per heavy atom. The van der Waals surface area contributed by atoms with Crippen LogP contribution in [0.3, 0.4) is 0 Å². The second kappa shape index (κ2) is 5.43. The molecule has 0 atom stereocenters. The lowest BCUT2D eigenvalue weighted by molar-refractivity contribution is 0.838. The van der Waals surface area contributed by atoms with Crippen LogP contribution in [-0.4, -0.2) is 23.0 Å². The molecule has 2 rings (SSSR count). The Balaban J connectivity index is 1.99. The fourth-order valence-electron chi connectivity index (χ4n) is 2.13. The molecule has 2 aromatic rings. The van der Waals surface area contributed by atoms with Crippen LogP contribution in [0.2, 0.25) is 0 Å². The van der Waals surface area contributed by atoms with Gasteiger partial charge in [-0.3, -0.25) is 16.1 Å². The number of para-hydroxylation sites is 1. The lowest BCUT2D eigenvalue weighted by Crippen LogP contribution is -2.43. The molecule has 0 fully saturated rings. The van der Waals surface area contributed by atoms with Crippen molar-refractivity contribution in [1.29, 1.82) is 10.8 Å². The Kier molecular flexibility index (Phi) is 3.70. The molecule has 19 heavy (non-hydrogen) atoms. The van der Waals surface area contributed by atoms with Crippen molar-refractivity contribution in [1.82, 2.24) is 15.2 Å². The standard InChI is InChI=1S/C13H18N6/c1-19-8-9(10-4-2-3-5-11(10)19)6-7-17-13(16)18-12(14)15/h2-5,8H,6-7H2,1H3,(H6,14,15,16,17,18). The van der Waals surface area contributed by atoms with Crippen LogP contribution in [0.1, 0.15) is 5.56 Å². The third-order valence-corrected chi connectivity index (χ3v) is 2.94. The molecule has 1 aromatic heterocycles. The first-order chi connectivity index (χ1) is 9.08. The third-order valence-electron chi connectivity index (χ3n) is 2.94. The lowest BCUT2D eigenvalue weighted by atomic mass is 10.1. The van der Waals surface area contributed by atoms with Crippen molar-refractivity contribution in [3.8, 4) is 0 Å². The highest BCUT2D eigenvalue weighted by Gasteiger charge is 2.05. The average Bonchev–Trinajstić information content (AvgIpc) is 2.66. The Morgan fingerprint density at radius 2 is 2.05 bits per heavy atom. The number of rotatable bonds is 3. The smallest absolute Gasteiger partial charge is 0.195 e. The number of nitrogens with two attached hydrogens (primary N) is 1. The molecule has 1 heterocycles. The third kappa shape index (κ3) is 3.04. The highest BCUT2D eigenvalue weighted by molar-refractivity contribution is 5.94. The van der Waals surface area contributed by atoms with Crippen LogP contribution in [0, 0.1) is 10.8 Å². The highest BCUT2D eigenvalue weighted by atomic mass is 15.2. The minimum atomic E-state index is -0.234. The maximum absolute atomic E-state index is 7.50. The van der Waals surface area contributed by atoms with Gasteiger partial charge in [0.2, 0.25) is 0 Å². The van der Waals surface area contributed by atoms with E-state index in [1.807, 2.05) is 19.2 Å². The molecule has 0 unspecified atom stereocenters. The van der Waals surface area contributed by atoms with Crippen LogP contribution in [0.5, 0.6) is 0 Å². The van der Waals surface area contributed by atoms with E-state index in [9.17, 15) is 0 Å². The predicted molar refractivity (Wildman–Crippen MR) is 77.4 cm³/mol. The largest absolute Gasteiger partial charge is 0.370 e. The number of hydrogen-bond donors (Lipinski definition) is 5. The second-order valence-electron chi connectivity index (χ2n) is 4.37. The first-order valence-electron chi connectivity index (χ1n) is 6.04. The van der Waals surface area contributed by atoms with Crippen LogP contribution in [-0.2, 0) is 13.5 Å². The SMILES string of the molecule is Cn1cc(CCNC(=N)NC(=N)N)c2ccccc21. The molecule has 0 amide bonds. The lowest BCUT2D eigenvalue weighted by Gasteiger charge is -2.08. The molecule has 0 saturated heterocycles. The molecule has 6 heteroatoms. The van der Waals surface area contributed by atoms with E-state index in [2.05, 4.69) is 33.5 Å². The van der Waals surface area contributed by atoms with E-state index >= 15 is 0 Å². The van der Waals surface area contributed by atoms with Crippen LogP contribution < -0.4 is 16.4 Å². The van der Waals surface area contributed by atoms with E-state index in [4.69, 9.17) is 16.6 Å². The van der Waals surface area contributed by atoms with Gasteiger partial charge in [-0.2, -0.15) is 0 Å². The van der Waals surface area contributed by atoms with Crippen molar-refractivity contribution >= 4 is 22.8 Å². The predicted octanol–water partition coefficient (Wildman–Crippen LogP) is 0.728. The molecule has 100 valence electrons. The van der Waals surface area contributed by atoms with E-state index in [0.717, 1.165) is 6.42 Å². The zero-order valence-electron chi connectivity index (χ0n) is 10.8. The van der Waals surface area contributed by atoms with Crippen molar-refractivity contribution in [3.63, 3.8) is 0 Å². The van der Waals surface area contributed by atoms with Crippen LogP contribution in [0.25, 0.3) is 10.9 Å². The monoisotopic (exact) mass is 258 g/mol. The summed E-state index contributed by atoms with van der Waals surface area (Å²) in [4.78, 5) is 0. The second-order valence-corrected chi connectivity index (χ2v) is 4.37. The van der Waals surface area contributed by atoms with Gasteiger partial charge in [0, 0.05) is 30.7 Å². The van der Waals surface area contributed by atoms with Gasteiger partial charge in [0.1, 0.15) is 0 Å². The first kappa shape index (κ1) is 12.9. The van der Waals surface area contributed by atoms with E-state index in [0.29, 0.717) is 6.54 Å². The summed E-state index contributed by atoms with van der Waals surface area (Å²) in [7, 11) is 2.03. The van der Waals surface area contributed by atoms with Crippen molar-refractivity contribution in [2.45, 2.75) is 6.42 Å². The summed E-state index contributed by atoms with van der Waals surface area (Å²) >= 11 is 0. The molecule has 0 saturated carbocycles. The molecule has 1 aromatic carbocycles. The molecule has 0 spiro atoms. The summed E-state index contributed by atoms with van der Waals surface area (Å²) in [6.07, 6.45) is 2.91. The molecule has 0 radical (unpaired) electrons. The molecule has 0 aliphatic carbocycles. The van der Waals surface area contributed by atoms with Gasteiger partial charge in [-0.1, -0.05) is 18.2 Å². The maximum Gasteiger partial charge on any atom is 0.195 e. The van der Waals surface area contributed by atoms with Gasteiger partial charge >= 0.3 is 0 Å². The fraction of sp³-hybridized carbons (Fsp3) is 0.231. The van der Waals surface area contributed by atoms with Crippen molar-refractivity contribution < 1.29 is 0 Å². The number of fused-ring (bicyclic) bond motifs is 1. The van der Waals surface area contributed by atoms with Gasteiger partial charge in [0.05, 0.1) is 0 Å². The number of guanidine groups is 2. The summed E-state index contributed by atoms with van der Waals surface area (Å²) in [5, 5.41) is 21.0. The molecular formula is C13H18N6. The number of benzene rings is 1. The number of nitrogens with one attached hydrogen (secondary N) is 4. The number of aryl methyl sites for hydroxylation is 1. The highest BCUT2D eigenvalue weighted by Crippen LogP contribution is 2.20. The summed E-state index contributed by atoms with van der Waals surface area (Å²) < 4.78 is 2.10. The Hall–Kier alpha value is -2.50. The van der Waals surface area contributed by atoms with Crippen molar-refractivity contribution in [3.05, 3.63) is 36.0 Å².